The zero-order chi connectivity index (χ0) is 13.9. The van der Waals surface area contributed by atoms with Crippen LogP contribution in [-0.2, 0) is 9.53 Å². The predicted molar refractivity (Wildman–Crippen MR) is 66.1 cm³/mol. The van der Waals surface area contributed by atoms with E-state index in [-0.39, 0.29) is 18.0 Å². The predicted octanol–water partition coefficient (Wildman–Crippen LogP) is 0.903. The molecule has 0 bridgehead atoms. The third-order valence-corrected chi connectivity index (χ3v) is 2.89. The van der Waals surface area contributed by atoms with Crippen LogP contribution >= 0.6 is 0 Å². The molecule has 1 heterocycles. The van der Waals surface area contributed by atoms with Crippen LogP contribution in [0.3, 0.4) is 0 Å². The second-order valence-corrected chi connectivity index (χ2v) is 5.96. The Morgan fingerprint density at radius 3 is 2.56 bits per heavy atom. The van der Waals surface area contributed by atoms with Crippen LogP contribution in [0, 0.1) is 11.3 Å². The van der Waals surface area contributed by atoms with Gasteiger partial charge in [0.15, 0.2) is 0 Å². The van der Waals surface area contributed by atoms with Crippen LogP contribution in [0.1, 0.15) is 27.2 Å². The van der Waals surface area contributed by atoms with Crippen molar-refractivity contribution in [1.82, 2.24) is 4.90 Å². The van der Waals surface area contributed by atoms with Gasteiger partial charge in [-0.1, -0.05) is 20.8 Å². The summed E-state index contributed by atoms with van der Waals surface area (Å²) in [5.41, 5.74) is 5.75. The second-order valence-electron chi connectivity index (χ2n) is 5.96. The van der Waals surface area contributed by atoms with Crippen molar-refractivity contribution >= 4 is 12.1 Å². The molecule has 0 radical (unpaired) electrons. The van der Waals surface area contributed by atoms with Gasteiger partial charge in [-0.3, -0.25) is 4.79 Å². The zero-order valence-electron chi connectivity index (χ0n) is 11.2. The Morgan fingerprint density at radius 1 is 1.44 bits per heavy atom. The van der Waals surface area contributed by atoms with E-state index in [9.17, 15) is 9.59 Å². The Bertz CT molecular complexity index is 325. The monoisotopic (exact) mass is 258 g/mol. The number of carbonyl (C=O) groups is 2. The number of hydrogen-bond acceptors (Lipinski definition) is 4. The lowest BCUT2D eigenvalue weighted by Crippen LogP contribution is -2.52. The SMILES string of the molecule is CC(C)(C)COC(=O)C1CN(C(=O)O)CCC1N. The van der Waals surface area contributed by atoms with Crippen molar-refractivity contribution in [2.24, 2.45) is 17.1 Å². The molecule has 2 unspecified atom stereocenters. The summed E-state index contributed by atoms with van der Waals surface area (Å²) in [6, 6.07) is -0.326. The normalized spacial score (nSPS) is 24.8. The van der Waals surface area contributed by atoms with Gasteiger partial charge in [0.1, 0.15) is 0 Å². The van der Waals surface area contributed by atoms with Crippen molar-refractivity contribution in [2.45, 2.75) is 33.2 Å². The van der Waals surface area contributed by atoms with Gasteiger partial charge in [0.2, 0.25) is 0 Å². The average molecular weight is 258 g/mol. The first kappa shape index (κ1) is 14.8. The summed E-state index contributed by atoms with van der Waals surface area (Å²) in [6.07, 6.45) is -0.530. The van der Waals surface area contributed by atoms with Gasteiger partial charge in [-0.05, 0) is 11.8 Å². The Kier molecular flexibility index (Phi) is 4.56. The first-order valence-electron chi connectivity index (χ1n) is 6.11. The van der Waals surface area contributed by atoms with Gasteiger partial charge >= 0.3 is 12.1 Å². The van der Waals surface area contributed by atoms with E-state index in [1.165, 1.54) is 4.90 Å². The van der Waals surface area contributed by atoms with Gasteiger partial charge in [0.25, 0.3) is 0 Å². The molecule has 0 aliphatic carbocycles. The number of likely N-dealkylation sites (tertiary alicyclic amines) is 1. The van der Waals surface area contributed by atoms with Crippen molar-refractivity contribution in [3.63, 3.8) is 0 Å². The standard InChI is InChI=1S/C12H22N2O4/c1-12(2,3)7-18-10(15)8-6-14(11(16)17)5-4-9(8)13/h8-9H,4-7,13H2,1-3H3,(H,16,17). The van der Waals surface area contributed by atoms with Crippen molar-refractivity contribution in [1.29, 1.82) is 0 Å². The Morgan fingerprint density at radius 2 is 2.06 bits per heavy atom. The molecule has 1 rings (SSSR count). The van der Waals surface area contributed by atoms with Crippen LogP contribution in [0.5, 0.6) is 0 Å². The molecular weight excluding hydrogens is 236 g/mol. The fraction of sp³-hybridized carbons (Fsp3) is 0.833. The summed E-state index contributed by atoms with van der Waals surface area (Å²) < 4.78 is 5.21. The third kappa shape index (κ3) is 4.18. The second kappa shape index (κ2) is 5.56. The van der Waals surface area contributed by atoms with Crippen molar-refractivity contribution in [2.75, 3.05) is 19.7 Å². The van der Waals surface area contributed by atoms with Gasteiger partial charge in [0.05, 0.1) is 12.5 Å². The highest BCUT2D eigenvalue weighted by Gasteiger charge is 2.35. The van der Waals surface area contributed by atoms with Gasteiger partial charge in [-0.2, -0.15) is 0 Å². The molecule has 18 heavy (non-hydrogen) atoms. The number of nitrogens with zero attached hydrogens (tertiary/aromatic N) is 1. The number of nitrogens with two attached hydrogens (primary N) is 1. The molecule has 1 saturated heterocycles. The maximum Gasteiger partial charge on any atom is 0.407 e. The average Bonchev–Trinajstić information content (AvgIpc) is 2.25. The van der Waals surface area contributed by atoms with Gasteiger partial charge in [-0.25, -0.2) is 4.79 Å². The number of carbonyl (C=O) groups excluding carboxylic acids is 1. The highest BCUT2D eigenvalue weighted by Crippen LogP contribution is 2.19. The minimum Gasteiger partial charge on any atom is -0.465 e. The molecule has 2 atom stereocenters. The smallest absolute Gasteiger partial charge is 0.407 e. The summed E-state index contributed by atoms with van der Waals surface area (Å²) in [5, 5.41) is 8.92. The summed E-state index contributed by atoms with van der Waals surface area (Å²) in [7, 11) is 0. The van der Waals surface area contributed by atoms with E-state index in [0.29, 0.717) is 19.6 Å². The molecule has 0 aromatic rings. The van der Waals surface area contributed by atoms with E-state index in [1.54, 1.807) is 0 Å². The Balaban J connectivity index is 2.57. The van der Waals surface area contributed by atoms with Crippen LogP contribution in [0.4, 0.5) is 4.79 Å². The number of ether oxygens (including phenoxy) is 1. The lowest BCUT2D eigenvalue weighted by Gasteiger charge is -2.34. The number of carboxylic acid groups (broad SMARTS) is 1. The molecule has 1 fully saturated rings. The van der Waals surface area contributed by atoms with E-state index in [1.807, 2.05) is 20.8 Å². The summed E-state index contributed by atoms with van der Waals surface area (Å²) in [4.78, 5) is 24.0. The third-order valence-electron chi connectivity index (χ3n) is 2.89. The molecule has 3 N–H and O–H groups in total. The molecule has 6 nitrogen and oxygen atoms in total. The lowest BCUT2D eigenvalue weighted by molar-refractivity contribution is -0.153. The summed E-state index contributed by atoms with van der Waals surface area (Å²) in [5.74, 6) is -0.958. The quantitative estimate of drug-likeness (QED) is 0.718. The van der Waals surface area contributed by atoms with E-state index in [2.05, 4.69) is 0 Å². The largest absolute Gasteiger partial charge is 0.465 e. The number of piperidine rings is 1. The van der Waals surface area contributed by atoms with E-state index < -0.39 is 18.0 Å². The molecule has 0 aromatic heterocycles. The maximum absolute atomic E-state index is 11.9. The zero-order valence-corrected chi connectivity index (χ0v) is 11.2. The first-order chi connectivity index (χ1) is 8.20. The molecule has 0 saturated carbocycles. The minimum atomic E-state index is -1.02. The topological polar surface area (TPSA) is 92.9 Å². The molecule has 6 heteroatoms. The molecule has 1 amide bonds. The molecular formula is C12H22N2O4. The van der Waals surface area contributed by atoms with Crippen LogP contribution in [0.25, 0.3) is 0 Å². The van der Waals surface area contributed by atoms with Crippen LogP contribution in [-0.4, -0.2) is 47.8 Å². The fourth-order valence-corrected chi connectivity index (χ4v) is 1.79. The highest BCUT2D eigenvalue weighted by atomic mass is 16.5. The van der Waals surface area contributed by atoms with Crippen molar-refractivity contribution in [3.05, 3.63) is 0 Å². The summed E-state index contributed by atoms with van der Waals surface area (Å²) >= 11 is 0. The van der Waals surface area contributed by atoms with Crippen LogP contribution in [0.15, 0.2) is 0 Å². The number of hydrogen-bond donors (Lipinski definition) is 2. The minimum absolute atomic E-state index is 0.110. The Hall–Kier alpha value is -1.30. The molecule has 0 aromatic carbocycles. The van der Waals surface area contributed by atoms with E-state index in [0.717, 1.165) is 0 Å². The van der Waals surface area contributed by atoms with Crippen LogP contribution in [0.2, 0.25) is 0 Å². The van der Waals surface area contributed by atoms with Crippen molar-refractivity contribution < 1.29 is 19.4 Å². The maximum atomic E-state index is 11.9. The fourth-order valence-electron chi connectivity index (χ4n) is 1.79. The molecule has 0 spiro atoms. The van der Waals surface area contributed by atoms with Gasteiger partial charge in [-0.15, -0.1) is 0 Å². The highest BCUT2D eigenvalue weighted by molar-refractivity contribution is 5.75. The van der Waals surface area contributed by atoms with E-state index >= 15 is 0 Å². The lowest BCUT2D eigenvalue weighted by atomic mass is 9.93. The molecule has 104 valence electrons. The summed E-state index contributed by atoms with van der Waals surface area (Å²) in [6.45, 7) is 6.70. The number of esters is 1. The van der Waals surface area contributed by atoms with E-state index in [4.69, 9.17) is 15.6 Å². The first-order valence-corrected chi connectivity index (χ1v) is 6.11. The van der Waals surface area contributed by atoms with Gasteiger partial charge in [0, 0.05) is 19.1 Å². The van der Waals surface area contributed by atoms with Crippen LogP contribution < -0.4 is 5.73 Å². The number of amides is 1. The van der Waals surface area contributed by atoms with Gasteiger partial charge < -0.3 is 20.5 Å². The molecule has 1 aliphatic rings. The van der Waals surface area contributed by atoms with Crippen molar-refractivity contribution in [3.8, 4) is 0 Å². The number of rotatable bonds is 2. The Labute approximate surface area is 107 Å². The molecule has 1 aliphatic heterocycles.